The zero-order valence-electron chi connectivity index (χ0n) is 18.9. The molecule has 0 unspecified atom stereocenters. The van der Waals surface area contributed by atoms with Crippen LogP contribution < -0.4 is 10.5 Å². The number of hydrogen-bond acceptors (Lipinski definition) is 7. The van der Waals surface area contributed by atoms with Gasteiger partial charge in [0.25, 0.3) is 10.0 Å². The number of halogens is 2. The minimum absolute atomic E-state index is 0.110. The first-order valence-corrected chi connectivity index (χ1v) is 12.3. The Balaban J connectivity index is 1.81. The summed E-state index contributed by atoms with van der Waals surface area (Å²) in [6.07, 6.45) is 2.99. The second-order valence-electron chi connectivity index (χ2n) is 7.85. The number of anilines is 2. The number of nitrogen functional groups attached to an aromatic ring is 1. The highest BCUT2D eigenvalue weighted by Gasteiger charge is 2.24. The quantitative estimate of drug-likeness (QED) is 0.323. The predicted octanol–water partition coefficient (Wildman–Crippen LogP) is 3.72. The summed E-state index contributed by atoms with van der Waals surface area (Å²) in [5, 5.41) is 9.81. The third-order valence-corrected chi connectivity index (χ3v) is 7.42. The number of nitrogens with one attached hydrogen (secondary N) is 1. The topological polar surface area (TPSA) is 132 Å². The Morgan fingerprint density at radius 2 is 2.03 bits per heavy atom. The average molecular weight is 520 g/mol. The summed E-state index contributed by atoms with van der Waals surface area (Å²) < 4.78 is 51.2. The van der Waals surface area contributed by atoms with E-state index in [1.165, 1.54) is 30.6 Å². The molecule has 4 rings (SSSR count). The van der Waals surface area contributed by atoms with Crippen molar-refractivity contribution in [1.82, 2.24) is 14.5 Å². The van der Waals surface area contributed by atoms with Gasteiger partial charge in [0.15, 0.2) is 5.82 Å². The summed E-state index contributed by atoms with van der Waals surface area (Å²) >= 11 is 6.21. The van der Waals surface area contributed by atoms with E-state index in [1.807, 2.05) is 0 Å². The molecule has 0 amide bonds. The average Bonchev–Trinajstić information content (AvgIpc) is 3.19. The zero-order chi connectivity index (χ0) is 25.3. The van der Waals surface area contributed by atoms with Crippen molar-refractivity contribution in [3.05, 3.63) is 64.8 Å². The van der Waals surface area contributed by atoms with Crippen LogP contribution in [0.3, 0.4) is 0 Å². The van der Waals surface area contributed by atoms with Gasteiger partial charge in [0.1, 0.15) is 22.7 Å². The van der Waals surface area contributed by atoms with E-state index >= 15 is 4.39 Å². The Labute approximate surface area is 206 Å². The number of aliphatic hydroxyl groups is 1. The maximum Gasteiger partial charge on any atom is 0.263 e. The van der Waals surface area contributed by atoms with Gasteiger partial charge < -0.3 is 20.1 Å². The van der Waals surface area contributed by atoms with E-state index in [0.29, 0.717) is 35.3 Å². The van der Waals surface area contributed by atoms with Crippen molar-refractivity contribution >= 4 is 44.2 Å². The molecule has 12 heteroatoms. The van der Waals surface area contributed by atoms with Crippen molar-refractivity contribution in [3.63, 3.8) is 0 Å². The second kappa shape index (κ2) is 9.78. The van der Waals surface area contributed by atoms with Gasteiger partial charge in [-0.15, -0.1) is 0 Å². The molecule has 0 fully saturated rings. The van der Waals surface area contributed by atoms with Crippen LogP contribution in [0.4, 0.5) is 15.9 Å². The van der Waals surface area contributed by atoms with Crippen LogP contribution in [0.2, 0.25) is 5.02 Å². The molecule has 0 aliphatic heterocycles. The summed E-state index contributed by atoms with van der Waals surface area (Å²) in [7, 11) is -2.72. The molecule has 0 bridgehead atoms. The summed E-state index contributed by atoms with van der Waals surface area (Å²) in [6.45, 7) is 2.06. The summed E-state index contributed by atoms with van der Waals surface area (Å²) in [5.41, 5.74) is 7.66. The lowest BCUT2D eigenvalue weighted by Crippen LogP contribution is -2.15. The molecule has 2 aromatic heterocycles. The SMILES string of the molecule is COCCn1cc(-c2cccc(NS(=O)(=O)c3cc(C)cc(CO)c3Cl)c2F)c2c(N)ncnc21. The first-order chi connectivity index (χ1) is 16.7. The number of rotatable bonds is 8. The van der Waals surface area contributed by atoms with Crippen LogP contribution in [-0.4, -0.2) is 41.8 Å². The van der Waals surface area contributed by atoms with Crippen molar-refractivity contribution < 1.29 is 22.7 Å². The van der Waals surface area contributed by atoms with E-state index in [2.05, 4.69) is 14.7 Å². The molecule has 184 valence electrons. The second-order valence-corrected chi connectivity index (χ2v) is 9.88. The minimum Gasteiger partial charge on any atom is -0.392 e. The molecule has 2 aromatic carbocycles. The van der Waals surface area contributed by atoms with Crippen LogP contribution >= 0.6 is 11.6 Å². The Bertz CT molecular complexity index is 1520. The van der Waals surface area contributed by atoms with Gasteiger partial charge >= 0.3 is 0 Å². The van der Waals surface area contributed by atoms with Crippen molar-refractivity contribution in [2.45, 2.75) is 25.0 Å². The van der Waals surface area contributed by atoms with Crippen LogP contribution in [0.1, 0.15) is 11.1 Å². The number of benzene rings is 2. The number of aryl methyl sites for hydroxylation is 1. The van der Waals surface area contributed by atoms with Gasteiger partial charge in [0.05, 0.1) is 29.3 Å². The van der Waals surface area contributed by atoms with Gasteiger partial charge in [-0.25, -0.2) is 22.8 Å². The molecule has 4 aromatic rings. The van der Waals surface area contributed by atoms with Crippen molar-refractivity contribution in [2.75, 3.05) is 24.2 Å². The lowest BCUT2D eigenvalue weighted by Gasteiger charge is -2.14. The van der Waals surface area contributed by atoms with E-state index in [-0.39, 0.29) is 32.6 Å². The van der Waals surface area contributed by atoms with E-state index in [4.69, 9.17) is 22.1 Å². The highest BCUT2D eigenvalue weighted by molar-refractivity contribution is 7.92. The van der Waals surface area contributed by atoms with Gasteiger partial charge in [0.2, 0.25) is 0 Å². The smallest absolute Gasteiger partial charge is 0.263 e. The standard InChI is InChI=1S/C23H23ClFN5O4S/c1-13-8-14(11-31)20(24)18(9-13)35(32,33)29-17-5-3-4-15(21(17)25)16-10-30(6-7-34-2)23-19(16)22(26)27-12-28-23/h3-5,8-10,12,29,31H,6-7,11H2,1-2H3,(H2,26,27,28). The first-order valence-electron chi connectivity index (χ1n) is 10.5. The van der Waals surface area contributed by atoms with Crippen LogP contribution in [0, 0.1) is 12.7 Å². The zero-order valence-corrected chi connectivity index (χ0v) is 20.5. The number of methoxy groups -OCH3 is 1. The Hall–Kier alpha value is -3.25. The third kappa shape index (κ3) is 4.67. The van der Waals surface area contributed by atoms with Crippen molar-refractivity contribution in [3.8, 4) is 11.1 Å². The molecule has 0 saturated carbocycles. The molecule has 2 heterocycles. The Kier molecular flexibility index (Phi) is 6.95. The minimum atomic E-state index is -4.28. The molecule has 0 spiro atoms. The summed E-state index contributed by atoms with van der Waals surface area (Å²) in [4.78, 5) is 8.04. The number of aromatic nitrogens is 3. The van der Waals surface area contributed by atoms with Gasteiger partial charge in [-0.3, -0.25) is 4.72 Å². The van der Waals surface area contributed by atoms with Gasteiger partial charge in [0, 0.05) is 31.0 Å². The van der Waals surface area contributed by atoms with Gasteiger partial charge in [-0.05, 0) is 30.2 Å². The molecule has 4 N–H and O–H groups in total. The number of sulfonamides is 1. The van der Waals surface area contributed by atoms with Crippen LogP contribution in [0.15, 0.2) is 47.8 Å². The predicted molar refractivity (Wildman–Crippen MR) is 132 cm³/mol. The first kappa shape index (κ1) is 24.9. The van der Waals surface area contributed by atoms with E-state index in [1.54, 1.807) is 30.9 Å². The van der Waals surface area contributed by atoms with E-state index in [9.17, 15) is 13.5 Å². The monoisotopic (exact) mass is 519 g/mol. The largest absolute Gasteiger partial charge is 0.392 e. The molecular formula is C23H23ClFN5O4S. The third-order valence-electron chi connectivity index (χ3n) is 5.47. The molecule has 0 saturated heterocycles. The maximum absolute atomic E-state index is 15.7. The summed E-state index contributed by atoms with van der Waals surface area (Å²) in [6, 6.07) is 7.27. The number of hydrogen-bond donors (Lipinski definition) is 3. The van der Waals surface area contributed by atoms with Gasteiger partial charge in [-0.2, -0.15) is 0 Å². The number of nitrogens with zero attached hydrogens (tertiary/aromatic N) is 3. The number of fused-ring (bicyclic) bond motifs is 1. The van der Waals surface area contributed by atoms with Crippen molar-refractivity contribution in [2.24, 2.45) is 0 Å². The highest BCUT2D eigenvalue weighted by Crippen LogP contribution is 2.37. The number of nitrogens with two attached hydrogens (primary N) is 1. The normalized spacial score (nSPS) is 11.8. The van der Waals surface area contributed by atoms with Crippen LogP contribution in [-0.2, 0) is 27.9 Å². The van der Waals surface area contributed by atoms with Crippen molar-refractivity contribution in [1.29, 1.82) is 0 Å². The van der Waals surface area contributed by atoms with E-state index in [0.717, 1.165) is 0 Å². The molecule has 0 aliphatic carbocycles. The number of aliphatic hydroxyl groups excluding tert-OH is 1. The Morgan fingerprint density at radius 1 is 1.26 bits per heavy atom. The summed E-state index contributed by atoms with van der Waals surface area (Å²) in [5.74, 6) is -0.647. The molecule has 0 radical (unpaired) electrons. The van der Waals surface area contributed by atoms with Crippen LogP contribution in [0.5, 0.6) is 0 Å². The molecule has 9 nitrogen and oxygen atoms in total. The van der Waals surface area contributed by atoms with E-state index < -0.39 is 22.4 Å². The lowest BCUT2D eigenvalue weighted by molar-refractivity contribution is 0.188. The van der Waals surface area contributed by atoms with Crippen LogP contribution in [0.25, 0.3) is 22.2 Å². The molecule has 0 aliphatic rings. The fourth-order valence-corrected chi connectivity index (χ4v) is 5.59. The Morgan fingerprint density at radius 3 is 2.74 bits per heavy atom. The fraction of sp³-hybridized carbons (Fsp3) is 0.217. The number of ether oxygens (including phenoxy) is 1. The highest BCUT2D eigenvalue weighted by atomic mass is 35.5. The maximum atomic E-state index is 15.7. The lowest BCUT2D eigenvalue weighted by atomic mass is 10.0. The molecule has 0 atom stereocenters. The molecule has 35 heavy (non-hydrogen) atoms. The fourth-order valence-electron chi connectivity index (χ4n) is 3.85. The molecular weight excluding hydrogens is 497 g/mol. The van der Waals surface area contributed by atoms with Gasteiger partial charge in [-0.1, -0.05) is 29.8 Å².